The fraction of sp³-hybridized carbons (Fsp3) is 0.882. The molecular formula is C17H30N4O2. The van der Waals surface area contributed by atoms with E-state index in [1.165, 1.54) is 6.42 Å². The van der Waals surface area contributed by atoms with Crippen LogP contribution < -0.4 is 5.73 Å². The van der Waals surface area contributed by atoms with Gasteiger partial charge in [-0.05, 0) is 38.8 Å². The van der Waals surface area contributed by atoms with Gasteiger partial charge in [0.1, 0.15) is 0 Å². The number of hydrogen-bond donors (Lipinski definition) is 1. The van der Waals surface area contributed by atoms with Gasteiger partial charge in [-0.2, -0.15) is 0 Å². The number of nitrogens with zero attached hydrogens (tertiary/aromatic N) is 3. The highest BCUT2D eigenvalue weighted by atomic mass is 16.2. The lowest BCUT2D eigenvalue weighted by Crippen LogP contribution is -2.48. The molecule has 0 aromatic rings. The summed E-state index contributed by atoms with van der Waals surface area (Å²) in [6.07, 6.45) is 4.73. The van der Waals surface area contributed by atoms with E-state index in [-0.39, 0.29) is 23.8 Å². The van der Waals surface area contributed by atoms with E-state index in [2.05, 4.69) is 11.8 Å². The van der Waals surface area contributed by atoms with Crippen LogP contribution in [0.4, 0.5) is 0 Å². The first-order valence-electron chi connectivity index (χ1n) is 9.14. The van der Waals surface area contributed by atoms with Crippen molar-refractivity contribution in [1.82, 2.24) is 14.7 Å². The zero-order valence-electron chi connectivity index (χ0n) is 14.2. The molecule has 0 aliphatic carbocycles. The Hall–Kier alpha value is -1.14. The van der Waals surface area contributed by atoms with Gasteiger partial charge in [-0.1, -0.05) is 6.92 Å². The van der Waals surface area contributed by atoms with Crippen LogP contribution in [-0.2, 0) is 9.59 Å². The lowest BCUT2D eigenvalue weighted by Gasteiger charge is -2.32. The van der Waals surface area contributed by atoms with E-state index in [0.29, 0.717) is 25.6 Å². The Morgan fingerprint density at radius 1 is 1.22 bits per heavy atom. The Morgan fingerprint density at radius 2 is 2.00 bits per heavy atom. The molecule has 0 aromatic carbocycles. The summed E-state index contributed by atoms with van der Waals surface area (Å²) in [6, 6.07) is 0.568. The number of hydrogen-bond acceptors (Lipinski definition) is 4. The Bertz CT molecular complexity index is 456. The lowest BCUT2D eigenvalue weighted by molar-refractivity contribution is -0.137. The molecule has 3 atom stereocenters. The van der Waals surface area contributed by atoms with Crippen molar-refractivity contribution in [3.8, 4) is 0 Å². The fourth-order valence-electron chi connectivity index (χ4n) is 4.36. The molecule has 3 unspecified atom stereocenters. The van der Waals surface area contributed by atoms with Crippen LogP contribution in [0, 0.1) is 5.92 Å². The van der Waals surface area contributed by atoms with Gasteiger partial charge in [0.2, 0.25) is 11.8 Å². The van der Waals surface area contributed by atoms with Gasteiger partial charge in [0.05, 0.1) is 5.92 Å². The monoisotopic (exact) mass is 322 g/mol. The maximum atomic E-state index is 12.7. The second-order valence-electron chi connectivity index (χ2n) is 7.31. The zero-order chi connectivity index (χ0) is 16.4. The van der Waals surface area contributed by atoms with Crippen LogP contribution >= 0.6 is 0 Å². The molecule has 6 nitrogen and oxygen atoms in total. The molecule has 3 aliphatic heterocycles. The molecule has 2 N–H and O–H groups in total. The largest absolute Gasteiger partial charge is 0.341 e. The number of nitrogens with two attached hydrogens (primary N) is 1. The average Bonchev–Trinajstić information content (AvgIpc) is 3.14. The van der Waals surface area contributed by atoms with Crippen molar-refractivity contribution in [2.45, 2.75) is 51.1 Å². The second-order valence-corrected chi connectivity index (χ2v) is 7.31. The number of piperidine rings is 1. The minimum absolute atomic E-state index is 0.0949. The lowest BCUT2D eigenvalue weighted by atomic mass is 10.0. The molecule has 2 amide bonds. The van der Waals surface area contributed by atoms with Crippen LogP contribution in [0.15, 0.2) is 0 Å². The van der Waals surface area contributed by atoms with E-state index in [9.17, 15) is 9.59 Å². The van der Waals surface area contributed by atoms with Crippen LogP contribution in [0.2, 0.25) is 0 Å². The predicted molar refractivity (Wildman–Crippen MR) is 88.7 cm³/mol. The summed E-state index contributed by atoms with van der Waals surface area (Å²) in [5.74, 6) is 0.117. The minimum Gasteiger partial charge on any atom is -0.341 e. The quantitative estimate of drug-likeness (QED) is 0.806. The topological polar surface area (TPSA) is 69.9 Å². The molecule has 3 rings (SSSR count). The van der Waals surface area contributed by atoms with Crippen LogP contribution in [0.25, 0.3) is 0 Å². The number of amides is 2. The van der Waals surface area contributed by atoms with Crippen molar-refractivity contribution in [3.63, 3.8) is 0 Å². The first kappa shape index (κ1) is 16.7. The van der Waals surface area contributed by atoms with Crippen LogP contribution in [0.1, 0.15) is 39.0 Å². The van der Waals surface area contributed by atoms with E-state index in [1.807, 2.05) is 9.80 Å². The molecular weight excluding hydrogens is 292 g/mol. The van der Waals surface area contributed by atoms with Gasteiger partial charge in [-0.3, -0.25) is 14.5 Å². The predicted octanol–water partition coefficient (Wildman–Crippen LogP) is 0.269. The van der Waals surface area contributed by atoms with Gasteiger partial charge in [0.25, 0.3) is 0 Å². The molecule has 0 aromatic heterocycles. The highest BCUT2D eigenvalue weighted by Crippen LogP contribution is 2.25. The molecule has 6 heteroatoms. The Labute approximate surface area is 139 Å². The molecule has 130 valence electrons. The molecule has 0 bridgehead atoms. The molecule has 3 aliphatic rings. The third-order valence-electron chi connectivity index (χ3n) is 5.67. The van der Waals surface area contributed by atoms with E-state index in [1.54, 1.807) is 0 Å². The van der Waals surface area contributed by atoms with E-state index in [0.717, 1.165) is 45.4 Å². The van der Waals surface area contributed by atoms with Gasteiger partial charge in [-0.15, -0.1) is 0 Å². The van der Waals surface area contributed by atoms with Gasteiger partial charge < -0.3 is 15.5 Å². The molecule has 0 spiro atoms. The number of likely N-dealkylation sites (tertiary alicyclic amines) is 3. The van der Waals surface area contributed by atoms with E-state index >= 15 is 0 Å². The highest BCUT2D eigenvalue weighted by molar-refractivity contribution is 5.89. The van der Waals surface area contributed by atoms with Crippen molar-refractivity contribution >= 4 is 11.8 Å². The summed E-state index contributed by atoms with van der Waals surface area (Å²) in [5.41, 5.74) is 5.98. The van der Waals surface area contributed by atoms with Crippen molar-refractivity contribution in [2.24, 2.45) is 11.7 Å². The van der Waals surface area contributed by atoms with Gasteiger partial charge in [0, 0.05) is 44.7 Å². The van der Waals surface area contributed by atoms with Crippen LogP contribution in [0.5, 0.6) is 0 Å². The summed E-state index contributed by atoms with van der Waals surface area (Å²) in [7, 11) is 0. The normalized spacial score (nSPS) is 32.8. The highest BCUT2D eigenvalue weighted by Gasteiger charge is 2.39. The summed E-state index contributed by atoms with van der Waals surface area (Å²) in [4.78, 5) is 31.3. The van der Waals surface area contributed by atoms with Crippen molar-refractivity contribution in [2.75, 3.05) is 39.3 Å². The maximum Gasteiger partial charge on any atom is 0.228 e. The molecule has 3 fully saturated rings. The fourth-order valence-corrected chi connectivity index (χ4v) is 4.36. The summed E-state index contributed by atoms with van der Waals surface area (Å²) in [6.45, 7) is 7.18. The van der Waals surface area contributed by atoms with Crippen molar-refractivity contribution < 1.29 is 9.59 Å². The SMILES string of the molecule is CCN1CCCC1CN1CC(C(=O)N2CCCC(N)C2)CC1=O. The van der Waals surface area contributed by atoms with Crippen LogP contribution in [-0.4, -0.2) is 77.9 Å². The Morgan fingerprint density at radius 3 is 2.74 bits per heavy atom. The van der Waals surface area contributed by atoms with Gasteiger partial charge >= 0.3 is 0 Å². The molecule has 0 saturated carbocycles. The molecule has 23 heavy (non-hydrogen) atoms. The average molecular weight is 322 g/mol. The minimum atomic E-state index is -0.163. The third-order valence-corrected chi connectivity index (χ3v) is 5.67. The third kappa shape index (κ3) is 3.69. The van der Waals surface area contributed by atoms with E-state index < -0.39 is 0 Å². The first-order chi connectivity index (χ1) is 11.1. The van der Waals surface area contributed by atoms with E-state index in [4.69, 9.17) is 5.73 Å². The second kappa shape index (κ2) is 7.18. The molecule has 3 saturated heterocycles. The molecule has 0 radical (unpaired) electrons. The smallest absolute Gasteiger partial charge is 0.228 e. The Kier molecular flexibility index (Phi) is 5.21. The number of rotatable bonds is 4. The summed E-state index contributed by atoms with van der Waals surface area (Å²) >= 11 is 0. The summed E-state index contributed by atoms with van der Waals surface area (Å²) < 4.78 is 0. The van der Waals surface area contributed by atoms with Crippen molar-refractivity contribution in [3.05, 3.63) is 0 Å². The van der Waals surface area contributed by atoms with Crippen LogP contribution in [0.3, 0.4) is 0 Å². The molecule has 3 heterocycles. The number of likely N-dealkylation sites (N-methyl/N-ethyl adjacent to an activating group) is 1. The maximum absolute atomic E-state index is 12.7. The summed E-state index contributed by atoms with van der Waals surface area (Å²) in [5, 5.41) is 0. The standard InChI is InChI=1S/C17H30N4O2/c1-2-19-7-4-6-15(19)12-21-10-13(9-16(21)22)17(23)20-8-3-5-14(18)11-20/h13-15H,2-12,18H2,1H3. The van der Waals surface area contributed by atoms with Crippen molar-refractivity contribution in [1.29, 1.82) is 0 Å². The van der Waals surface area contributed by atoms with Gasteiger partial charge in [0.15, 0.2) is 0 Å². The Balaban J connectivity index is 1.55. The number of carbonyl (C=O) groups is 2. The number of carbonyl (C=O) groups excluding carboxylic acids is 2. The first-order valence-corrected chi connectivity index (χ1v) is 9.14. The van der Waals surface area contributed by atoms with Gasteiger partial charge in [-0.25, -0.2) is 0 Å². The zero-order valence-corrected chi connectivity index (χ0v) is 14.2.